The molecule has 1 saturated carbocycles. The van der Waals surface area contributed by atoms with E-state index in [4.69, 9.17) is 5.73 Å². The Hall–Kier alpha value is -0.960. The Morgan fingerprint density at radius 1 is 1.25 bits per heavy atom. The third-order valence-electron chi connectivity index (χ3n) is 4.76. The fourth-order valence-corrected chi connectivity index (χ4v) is 3.88. The Bertz CT molecular complexity index is 472. The van der Waals surface area contributed by atoms with Gasteiger partial charge in [-0.1, -0.05) is 33.3 Å². The van der Waals surface area contributed by atoms with Crippen molar-refractivity contribution >= 4 is 0 Å². The van der Waals surface area contributed by atoms with Gasteiger partial charge >= 0.3 is 0 Å². The maximum atomic E-state index is 13.4. The van der Waals surface area contributed by atoms with E-state index in [0.29, 0.717) is 24.2 Å². The number of hydrogen-bond acceptors (Lipinski definition) is 1. The fraction of sp³-hybridized carbons (Fsp3) is 0.647. The molecular weight excluding hydrogens is 256 g/mol. The van der Waals surface area contributed by atoms with Gasteiger partial charge in [-0.15, -0.1) is 0 Å². The average Bonchev–Trinajstić information content (AvgIpc) is 2.32. The fourth-order valence-electron chi connectivity index (χ4n) is 3.88. The molecule has 0 radical (unpaired) electrons. The van der Waals surface area contributed by atoms with Crippen LogP contribution in [0.3, 0.4) is 0 Å². The molecule has 1 aromatic rings. The predicted octanol–water partition coefficient (Wildman–Crippen LogP) is 4.30. The molecule has 1 aliphatic carbocycles. The van der Waals surface area contributed by atoms with Crippen molar-refractivity contribution in [2.45, 2.75) is 52.0 Å². The van der Waals surface area contributed by atoms with Crippen molar-refractivity contribution in [3.8, 4) is 0 Å². The zero-order valence-electron chi connectivity index (χ0n) is 12.6. The van der Waals surface area contributed by atoms with Gasteiger partial charge in [0.1, 0.15) is 0 Å². The Morgan fingerprint density at radius 2 is 1.95 bits per heavy atom. The second-order valence-electron chi connectivity index (χ2n) is 6.90. The highest BCUT2D eigenvalue weighted by atomic mass is 19.2. The van der Waals surface area contributed by atoms with Gasteiger partial charge in [-0.2, -0.15) is 0 Å². The first-order chi connectivity index (χ1) is 9.32. The van der Waals surface area contributed by atoms with Gasteiger partial charge in [-0.05, 0) is 54.7 Å². The molecule has 0 amide bonds. The van der Waals surface area contributed by atoms with E-state index >= 15 is 0 Å². The quantitative estimate of drug-likeness (QED) is 0.878. The molecule has 1 fully saturated rings. The lowest BCUT2D eigenvalue weighted by atomic mass is 9.63. The van der Waals surface area contributed by atoms with Crippen LogP contribution in [0, 0.1) is 29.4 Å². The van der Waals surface area contributed by atoms with Crippen molar-refractivity contribution in [1.82, 2.24) is 0 Å². The first kappa shape index (κ1) is 15.4. The van der Waals surface area contributed by atoms with E-state index in [1.54, 1.807) is 6.07 Å². The summed E-state index contributed by atoms with van der Waals surface area (Å²) in [5.74, 6) is -0.0294. The van der Waals surface area contributed by atoms with E-state index in [2.05, 4.69) is 20.8 Å². The number of rotatable bonds is 3. The number of hydrogen-bond donors (Lipinski definition) is 1. The van der Waals surface area contributed by atoms with Crippen LogP contribution in [0.2, 0.25) is 0 Å². The summed E-state index contributed by atoms with van der Waals surface area (Å²) in [7, 11) is 0. The van der Waals surface area contributed by atoms with E-state index in [1.165, 1.54) is 18.6 Å². The highest BCUT2D eigenvalue weighted by Gasteiger charge is 2.41. The summed E-state index contributed by atoms with van der Waals surface area (Å²) in [4.78, 5) is 0. The molecule has 20 heavy (non-hydrogen) atoms. The standard InChI is InChI=1S/C17H25F2N/c1-11(2)14-6-4-12(3)9-17(14,20)10-13-5-7-15(18)16(19)8-13/h5,7-8,11-12,14H,4,6,9-10,20H2,1-3H3. The van der Waals surface area contributed by atoms with E-state index in [0.717, 1.165) is 18.4 Å². The van der Waals surface area contributed by atoms with Gasteiger partial charge in [-0.3, -0.25) is 0 Å². The summed E-state index contributed by atoms with van der Waals surface area (Å²) < 4.78 is 26.4. The molecule has 2 N–H and O–H groups in total. The molecule has 1 aromatic carbocycles. The highest BCUT2D eigenvalue weighted by Crippen LogP contribution is 2.41. The molecule has 2 rings (SSSR count). The first-order valence-corrected chi connectivity index (χ1v) is 7.54. The van der Waals surface area contributed by atoms with Crippen LogP contribution in [0.25, 0.3) is 0 Å². The minimum absolute atomic E-state index is 0.309. The van der Waals surface area contributed by atoms with Crippen molar-refractivity contribution < 1.29 is 8.78 Å². The van der Waals surface area contributed by atoms with Crippen LogP contribution >= 0.6 is 0 Å². The van der Waals surface area contributed by atoms with Gasteiger partial charge < -0.3 is 5.73 Å². The third kappa shape index (κ3) is 3.20. The zero-order chi connectivity index (χ0) is 14.9. The second kappa shape index (κ2) is 5.80. The summed E-state index contributed by atoms with van der Waals surface area (Å²) in [5.41, 5.74) is 7.19. The Kier molecular flexibility index (Phi) is 4.48. The van der Waals surface area contributed by atoms with E-state index in [1.807, 2.05) is 0 Å². The molecule has 1 nitrogen and oxygen atoms in total. The Labute approximate surface area is 120 Å². The lowest BCUT2D eigenvalue weighted by Crippen LogP contribution is -2.54. The third-order valence-corrected chi connectivity index (χ3v) is 4.76. The largest absolute Gasteiger partial charge is 0.325 e. The lowest BCUT2D eigenvalue weighted by Gasteiger charge is -2.46. The summed E-state index contributed by atoms with van der Waals surface area (Å²) >= 11 is 0. The van der Waals surface area contributed by atoms with Crippen LogP contribution in [0.4, 0.5) is 8.78 Å². The minimum atomic E-state index is -0.794. The van der Waals surface area contributed by atoms with Gasteiger partial charge in [0.15, 0.2) is 11.6 Å². The summed E-state index contributed by atoms with van der Waals surface area (Å²) in [6, 6.07) is 4.15. The lowest BCUT2D eigenvalue weighted by molar-refractivity contribution is 0.109. The van der Waals surface area contributed by atoms with Gasteiger partial charge in [-0.25, -0.2) is 8.78 Å². The normalized spacial score (nSPS) is 30.8. The second-order valence-corrected chi connectivity index (χ2v) is 6.90. The average molecular weight is 281 g/mol. The van der Waals surface area contributed by atoms with E-state index < -0.39 is 11.6 Å². The molecule has 3 atom stereocenters. The van der Waals surface area contributed by atoms with Crippen LogP contribution in [0.15, 0.2) is 18.2 Å². The summed E-state index contributed by atoms with van der Waals surface area (Å²) in [6.45, 7) is 6.63. The molecule has 0 bridgehead atoms. The first-order valence-electron chi connectivity index (χ1n) is 7.54. The van der Waals surface area contributed by atoms with E-state index in [-0.39, 0.29) is 5.54 Å². The van der Waals surface area contributed by atoms with Gasteiger partial charge in [0.25, 0.3) is 0 Å². The molecule has 0 saturated heterocycles. The highest BCUT2D eigenvalue weighted by molar-refractivity contribution is 5.21. The maximum absolute atomic E-state index is 13.4. The van der Waals surface area contributed by atoms with Gasteiger partial charge in [0, 0.05) is 5.54 Å². The number of halogens is 2. The van der Waals surface area contributed by atoms with Crippen molar-refractivity contribution in [1.29, 1.82) is 0 Å². The summed E-state index contributed by atoms with van der Waals surface area (Å²) in [6.07, 6.45) is 3.91. The molecule has 0 aromatic heterocycles. The van der Waals surface area contributed by atoms with Crippen LogP contribution in [0.5, 0.6) is 0 Å². The van der Waals surface area contributed by atoms with Crippen LogP contribution < -0.4 is 5.73 Å². The van der Waals surface area contributed by atoms with Gasteiger partial charge in [0.2, 0.25) is 0 Å². The Balaban J connectivity index is 2.24. The molecular formula is C17H25F2N. The summed E-state index contributed by atoms with van der Waals surface area (Å²) in [5, 5.41) is 0. The number of benzene rings is 1. The molecule has 3 unspecified atom stereocenters. The van der Waals surface area contributed by atoms with Crippen molar-refractivity contribution in [2.75, 3.05) is 0 Å². The van der Waals surface area contributed by atoms with E-state index in [9.17, 15) is 8.78 Å². The number of nitrogens with two attached hydrogens (primary N) is 1. The SMILES string of the molecule is CC1CCC(C(C)C)C(N)(Cc2ccc(F)c(F)c2)C1. The van der Waals surface area contributed by atoms with Gasteiger partial charge in [0.05, 0.1) is 0 Å². The molecule has 112 valence electrons. The van der Waals surface area contributed by atoms with Crippen LogP contribution in [0.1, 0.15) is 45.6 Å². The zero-order valence-corrected chi connectivity index (χ0v) is 12.6. The molecule has 1 aliphatic rings. The topological polar surface area (TPSA) is 26.0 Å². The monoisotopic (exact) mass is 281 g/mol. The molecule has 0 spiro atoms. The molecule has 3 heteroatoms. The van der Waals surface area contributed by atoms with Crippen LogP contribution in [-0.2, 0) is 6.42 Å². The molecule has 0 heterocycles. The van der Waals surface area contributed by atoms with Crippen molar-refractivity contribution in [2.24, 2.45) is 23.5 Å². The predicted molar refractivity (Wildman–Crippen MR) is 78.3 cm³/mol. The van der Waals surface area contributed by atoms with Crippen molar-refractivity contribution in [3.05, 3.63) is 35.4 Å². The van der Waals surface area contributed by atoms with Crippen molar-refractivity contribution in [3.63, 3.8) is 0 Å². The van der Waals surface area contributed by atoms with Crippen LogP contribution in [-0.4, -0.2) is 5.54 Å². The smallest absolute Gasteiger partial charge is 0.159 e. The Morgan fingerprint density at radius 3 is 2.55 bits per heavy atom. The minimum Gasteiger partial charge on any atom is -0.325 e. The molecule has 0 aliphatic heterocycles. The maximum Gasteiger partial charge on any atom is 0.159 e.